The van der Waals surface area contributed by atoms with E-state index in [0.29, 0.717) is 0 Å². The van der Waals surface area contributed by atoms with Crippen molar-refractivity contribution in [1.29, 1.82) is 0 Å². The summed E-state index contributed by atoms with van der Waals surface area (Å²) in [4.78, 5) is 0. The fraction of sp³-hybridized carbons (Fsp3) is 0.429. The van der Waals surface area contributed by atoms with Gasteiger partial charge in [0.25, 0.3) is 0 Å². The molecule has 0 saturated carbocycles. The predicted octanol–water partition coefficient (Wildman–Crippen LogP) is 3.63. The molecule has 84 valence electrons. The third kappa shape index (κ3) is 5.95. The molecule has 0 amide bonds. The second kappa shape index (κ2) is 8.92. The van der Waals surface area contributed by atoms with Crippen LogP contribution < -0.4 is 0 Å². The molecule has 0 spiro atoms. The van der Waals surface area contributed by atoms with E-state index < -0.39 is 0 Å². The van der Waals surface area contributed by atoms with Crippen LogP contribution >= 0.6 is 0 Å². The van der Waals surface area contributed by atoms with Gasteiger partial charge in [0.05, 0.1) is 0 Å². The van der Waals surface area contributed by atoms with E-state index in [1.165, 1.54) is 11.1 Å². The van der Waals surface area contributed by atoms with Crippen LogP contribution in [0.15, 0.2) is 35.5 Å². The van der Waals surface area contributed by atoms with Crippen molar-refractivity contribution in [3.63, 3.8) is 0 Å². The molecule has 0 aliphatic heterocycles. The Labute approximate surface area is 108 Å². The van der Waals surface area contributed by atoms with Crippen molar-refractivity contribution in [3.05, 3.63) is 47.6 Å². The zero-order valence-electron chi connectivity index (χ0n) is 9.64. The molecule has 0 heterocycles. The second-order valence-electron chi connectivity index (χ2n) is 3.32. The van der Waals surface area contributed by atoms with Gasteiger partial charge < -0.3 is 0 Å². The molecule has 0 aromatic rings. The first-order chi connectivity index (χ1) is 6.86. The van der Waals surface area contributed by atoms with Gasteiger partial charge in [0.2, 0.25) is 0 Å². The van der Waals surface area contributed by atoms with E-state index in [-0.39, 0.29) is 21.1 Å². The van der Waals surface area contributed by atoms with Crippen molar-refractivity contribution in [2.24, 2.45) is 0 Å². The molecule has 0 nitrogen and oxygen atoms in total. The summed E-state index contributed by atoms with van der Waals surface area (Å²) in [5, 5.41) is 0. The summed E-state index contributed by atoms with van der Waals surface area (Å²) < 4.78 is 0. The molecule has 0 radical (unpaired) electrons. The molecule has 0 aromatic carbocycles. The van der Waals surface area contributed by atoms with Gasteiger partial charge in [-0.25, -0.2) is 23.3 Å². The molecule has 0 unspecified atom stereocenters. The Morgan fingerprint density at radius 2 is 1.33 bits per heavy atom. The summed E-state index contributed by atoms with van der Waals surface area (Å²) in [5.41, 5.74) is 2.72. The van der Waals surface area contributed by atoms with Crippen LogP contribution in [-0.2, 0) is 21.1 Å². The van der Waals surface area contributed by atoms with Crippen molar-refractivity contribution in [2.45, 2.75) is 39.5 Å². The van der Waals surface area contributed by atoms with Gasteiger partial charge in [-0.3, -0.25) is 12.2 Å². The molecule has 0 aromatic heterocycles. The van der Waals surface area contributed by atoms with E-state index in [0.717, 1.165) is 25.7 Å². The summed E-state index contributed by atoms with van der Waals surface area (Å²) in [6, 6.07) is 0. The molecular weight excluding hydrogens is 352 g/mol. The zero-order chi connectivity index (χ0) is 10.2. The van der Waals surface area contributed by atoms with E-state index in [2.05, 4.69) is 50.3 Å². The number of rotatable bonds is 2. The number of hydrogen-bond acceptors (Lipinski definition) is 0. The Kier molecular flexibility index (Phi) is 8.71. The van der Waals surface area contributed by atoms with Crippen LogP contribution in [0.4, 0.5) is 0 Å². The molecule has 2 rings (SSSR count). The normalized spacial score (nSPS) is 16.4. The molecule has 1 heteroatoms. The van der Waals surface area contributed by atoms with Crippen molar-refractivity contribution in [2.75, 3.05) is 0 Å². The summed E-state index contributed by atoms with van der Waals surface area (Å²) in [5.74, 6) is 0. The SMILES string of the molecule is CCC1=[C-]CC=C1.CCC1=[C-]CC=C1.[WH2]. The Balaban J connectivity index is 0.000000245. The van der Waals surface area contributed by atoms with E-state index in [9.17, 15) is 0 Å². The Morgan fingerprint density at radius 3 is 1.47 bits per heavy atom. The molecule has 15 heavy (non-hydrogen) atoms. The van der Waals surface area contributed by atoms with Gasteiger partial charge in [-0.15, -0.1) is 12.8 Å². The van der Waals surface area contributed by atoms with Crippen molar-refractivity contribution in [1.82, 2.24) is 0 Å². The first-order valence-electron chi connectivity index (χ1n) is 5.39. The molecule has 0 bridgehead atoms. The van der Waals surface area contributed by atoms with Crippen LogP contribution in [0.1, 0.15) is 39.5 Å². The molecule has 0 fully saturated rings. The molecule has 0 N–H and O–H groups in total. The third-order valence-electron chi connectivity index (χ3n) is 2.29. The van der Waals surface area contributed by atoms with Gasteiger partial charge >= 0.3 is 21.1 Å². The topological polar surface area (TPSA) is 0 Å². The molecule has 2 aliphatic rings. The standard InChI is InChI=1S/2C7H9.W.2H/c2*1-2-7-5-3-4-6-7;;;/h2*3,5H,2,4H2,1H3;;;/q2*-1;;;. The Morgan fingerprint density at radius 1 is 0.933 bits per heavy atom. The minimum absolute atomic E-state index is 0. The Bertz CT molecular complexity index is 250. The summed E-state index contributed by atoms with van der Waals surface area (Å²) in [6.45, 7) is 4.30. The first-order valence-corrected chi connectivity index (χ1v) is 5.39. The first kappa shape index (κ1) is 14.6. The maximum absolute atomic E-state index is 3.21. The fourth-order valence-corrected chi connectivity index (χ4v) is 1.39. The summed E-state index contributed by atoms with van der Waals surface area (Å²) >= 11 is 0. The van der Waals surface area contributed by atoms with Crippen molar-refractivity contribution in [3.8, 4) is 0 Å². The van der Waals surface area contributed by atoms with Gasteiger partial charge in [0, 0.05) is 0 Å². The van der Waals surface area contributed by atoms with E-state index >= 15 is 0 Å². The maximum atomic E-state index is 3.21. The molecule has 0 atom stereocenters. The van der Waals surface area contributed by atoms with Crippen LogP contribution in [-0.4, -0.2) is 0 Å². The molecule has 2 aliphatic carbocycles. The van der Waals surface area contributed by atoms with Gasteiger partial charge in [0.15, 0.2) is 0 Å². The molecule has 0 saturated heterocycles. The quantitative estimate of drug-likeness (QED) is 0.650. The van der Waals surface area contributed by atoms with Crippen LogP contribution in [0, 0.1) is 12.2 Å². The van der Waals surface area contributed by atoms with Gasteiger partial charge in [-0.1, -0.05) is 26.7 Å². The van der Waals surface area contributed by atoms with Gasteiger partial charge in [-0.05, 0) is 0 Å². The predicted molar refractivity (Wildman–Crippen MR) is 64.4 cm³/mol. The van der Waals surface area contributed by atoms with Gasteiger partial charge in [-0.2, -0.15) is 12.2 Å². The van der Waals surface area contributed by atoms with Crippen molar-refractivity contribution < 1.29 is 21.1 Å². The van der Waals surface area contributed by atoms with E-state index in [4.69, 9.17) is 0 Å². The van der Waals surface area contributed by atoms with Gasteiger partial charge in [0.1, 0.15) is 0 Å². The van der Waals surface area contributed by atoms with Crippen molar-refractivity contribution >= 4 is 0 Å². The molecular formula is C14H20W-2. The van der Waals surface area contributed by atoms with Crippen LogP contribution in [0.25, 0.3) is 0 Å². The van der Waals surface area contributed by atoms with Crippen LogP contribution in [0.5, 0.6) is 0 Å². The van der Waals surface area contributed by atoms with Crippen LogP contribution in [0.2, 0.25) is 0 Å². The fourth-order valence-electron chi connectivity index (χ4n) is 1.39. The Hall–Kier alpha value is -0.352. The summed E-state index contributed by atoms with van der Waals surface area (Å²) in [6.07, 6.45) is 19.3. The minimum atomic E-state index is 0. The van der Waals surface area contributed by atoms with Crippen LogP contribution in [0.3, 0.4) is 0 Å². The average Bonchev–Trinajstić information content (AvgIpc) is 2.92. The number of hydrogen-bond donors (Lipinski definition) is 0. The number of allylic oxidation sites excluding steroid dienone is 8. The average molecular weight is 372 g/mol. The van der Waals surface area contributed by atoms with E-state index in [1.54, 1.807) is 0 Å². The monoisotopic (exact) mass is 372 g/mol. The second-order valence-corrected chi connectivity index (χ2v) is 3.32. The zero-order valence-corrected chi connectivity index (χ0v) is 13.2. The van der Waals surface area contributed by atoms with E-state index in [1.807, 2.05) is 0 Å². The third-order valence-corrected chi connectivity index (χ3v) is 2.29. The summed E-state index contributed by atoms with van der Waals surface area (Å²) in [7, 11) is 0.